The van der Waals surface area contributed by atoms with Crippen LogP contribution in [0.1, 0.15) is 44.5 Å². The Hall–Kier alpha value is -9.30. The zero-order chi connectivity index (χ0) is 48.3. The predicted octanol–water partition coefficient (Wildman–Crippen LogP) is 18.4. The molecule has 0 amide bonds. The molecule has 0 fully saturated rings. The van der Waals surface area contributed by atoms with Crippen molar-refractivity contribution in [2.45, 2.75) is 10.8 Å². The van der Waals surface area contributed by atoms with E-state index in [1.54, 1.807) is 0 Å². The van der Waals surface area contributed by atoms with Crippen LogP contribution in [0.15, 0.2) is 297 Å². The topological polar surface area (TPSA) is 3.24 Å². The lowest BCUT2D eigenvalue weighted by Gasteiger charge is -2.36. The van der Waals surface area contributed by atoms with Crippen LogP contribution in [-0.2, 0) is 10.8 Å². The number of nitrogens with zero attached hydrogens (tertiary/aromatic N) is 1. The van der Waals surface area contributed by atoms with Crippen molar-refractivity contribution in [2.75, 3.05) is 4.90 Å². The molecule has 0 N–H and O–H groups in total. The van der Waals surface area contributed by atoms with Crippen molar-refractivity contribution >= 4 is 27.8 Å². The molecule has 0 saturated carbocycles. The maximum atomic E-state index is 2.54. The van der Waals surface area contributed by atoms with Gasteiger partial charge in [0.25, 0.3) is 0 Å². The van der Waals surface area contributed by atoms with Crippen LogP contribution in [0, 0.1) is 0 Å². The van der Waals surface area contributed by atoms with E-state index in [1.807, 2.05) is 0 Å². The van der Waals surface area contributed by atoms with E-state index in [2.05, 4.69) is 302 Å². The minimum Gasteiger partial charge on any atom is -0.310 e. The highest BCUT2D eigenvalue weighted by Gasteiger charge is 2.48. The average molecular weight is 928 g/mol. The molecular formula is C72H49N. The van der Waals surface area contributed by atoms with Crippen molar-refractivity contribution in [1.29, 1.82) is 0 Å². The molecule has 0 saturated heterocycles. The number of fused-ring (bicyclic) bond motifs is 7. The standard InChI is InChI=1S/C72H49N/c1-6-23-51(24-7-1)64-48-65-62-37-19-21-40-67(62)72(55-31-12-4-13-32-55,56-33-14-5-15-34-56)69(65)49-70(64)73(57-43-41-52(42-44-57)60-38-22-26-50-25-16-17-35-59(50)60)58-45-46-63-61-36-18-20-39-66(61)71(68(63)47-58,53-27-8-2-9-28-53)54-29-10-3-11-30-54/h1-49H. The second-order valence-corrected chi connectivity index (χ2v) is 19.5. The Labute approximate surface area is 427 Å². The van der Waals surface area contributed by atoms with Crippen LogP contribution in [0.4, 0.5) is 17.1 Å². The van der Waals surface area contributed by atoms with Gasteiger partial charge < -0.3 is 4.90 Å². The lowest BCUT2D eigenvalue weighted by molar-refractivity contribution is 0.767. The van der Waals surface area contributed by atoms with E-state index in [-0.39, 0.29) is 0 Å². The third kappa shape index (κ3) is 6.49. The fourth-order valence-corrected chi connectivity index (χ4v) is 12.8. The van der Waals surface area contributed by atoms with Crippen LogP contribution in [0.25, 0.3) is 55.3 Å². The molecule has 0 radical (unpaired) electrons. The monoisotopic (exact) mass is 927 g/mol. The van der Waals surface area contributed by atoms with Crippen molar-refractivity contribution in [3.63, 3.8) is 0 Å². The second kappa shape index (κ2) is 17.2. The summed E-state index contributed by atoms with van der Waals surface area (Å²) in [5.74, 6) is 0. The largest absolute Gasteiger partial charge is 0.310 e. The Kier molecular flexibility index (Phi) is 10.0. The predicted molar refractivity (Wildman–Crippen MR) is 304 cm³/mol. The van der Waals surface area contributed by atoms with Gasteiger partial charge in [-0.05, 0) is 131 Å². The van der Waals surface area contributed by atoms with Crippen LogP contribution in [0.5, 0.6) is 0 Å². The van der Waals surface area contributed by atoms with Gasteiger partial charge in [0.15, 0.2) is 0 Å². The molecule has 0 spiro atoms. The Morgan fingerprint density at radius 3 is 1.22 bits per heavy atom. The number of hydrogen-bond acceptors (Lipinski definition) is 1. The van der Waals surface area contributed by atoms with E-state index < -0.39 is 10.8 Å². The van der Waals surface area contributed by atoms with E-state index in [1.165, 1.54) is 88.7 Å². The van der Waals surface area contributed by atoms with Crippen molar-refractivity contribution in [3.05, 3.63) is 342 Å². The summed E-state index contributed by atoms with van der Waals surface area (Å²) < 4.78 is 0. The highest BCUT2D eigenvalue weighted by molar-refractivity contribution is 6.00. The van der Waals surface area contributed by atoms with Crippen molar-refractivity contribution < 1.29 is 0 Å². The quantitative estimate of drug-likeness (QED) is 0.139. The molecule has 0 aliphatic heterocycles. The van der Waals surface area contributed by atoms with E-state index in [4.69, 9.17) is 0 Å². The summed E-state index contributed by atoms with van der Waals surface area (Å²) in [7, 11) is 0. The Morgan fingerprint density at radius 1 is 0.233 bits per heavy atom. The molecule has 14 rings (SSSR count). The fourth-order valence-electron chi connectivity index (χ4n) is 12.8. The van der Waals surface area contributed by atoms with Crippen molar-refractivity contribution in [2.24, 2.45) is 0 Å². The number of anilines is 3. The van der Waals surface area contributed by atoms with E-state index in [0.717, 1.165) is 28.2 Å². The Morgan fingerprint density at radius 2 is 0.644 bits per heavy atom. The molecule has 1 nitrogen and oxygen atoms in total. The maximum absolute atomic E-state index is 2.54. The molecule has 0 heterocycles. The first-order chi connectivity index (χ1) is 36.2. The molecular weight excluding hydrogens is 879 g/mol. The van der Waals surface area contributed by atoms with Crippen molar-refractivity contribution in [3.8, 4) is 44.5 Å². The molecule has 73 heavy (non-hydrogen) atoms. The molecule has 0 aromatic heterocycles. The molecule has 12 aromatic carbocycles. The zero-order valence-corrected chi connectivity index (χ0v) is 40.2. The van der Waals surface area contributed by atoms with Crippen LogP contribution >= 0.6 is 0 Å². The van der Waals surface area contributed by atoms with Gasteiger partial charge in [-0.15, -0.1) is 0 Å². The number of rotatable bonds is 9. The van der Waals surface area contributed by atoms with Crippen molar-refractivity contribution in [1.82, 2.24) is 0 Å². The molecule has 342 valence electrons. The van der Waals surface area contributed by atoms with E-state index >= 15 is 0 Å². The normalized spacial score (nSPS) is 13.4. The molecule has 12 aromatic rings. The molecule has 2 aliphatic rings. The molecule has 0 bridgehead atoms. The molecule has 0 atom stereocenters. The molecule has 2 aliphatic carbocycles. The Bertz CT molecular complexity index is 3910. The summed E-state index contributed by atoms with van der Waals surface area (Å²) in [6, 6.07) is 111. The SMILES string of the molecule is c1ccc(-c2cc3c(cc2N(c2ccc(-c4cccc5ccccc45)cc2)c2ccc4c(c2)C(c2ccccc2)(c2ccccc2)c2ccccc2-4)C(c2ccccc2)(c2ccccc2)c2ccccc2-3)cc1. The highest BCUT2D eigenvalue weighted by atomic mass is 15.1. The summed E-state index contributed by atoms with van der Waals surface area (Å²) in [6.07, 6.45) is 0. The van der Waals surface area contributed by atoms with Crippen LogP contribution in [0.2, 0.25) is 0 Å². The summed E-state index contributed by atoms with van der Waals surface area (Å²) in [5.41, 5.74) is 21.9. The highest BCUT2D eigenvalue weighted by Crippen LogP contribution is 2.61. The lowest BCUT2D eigenvalue weighted by atomic mass is 9.67. The second-order valence-electron chi connectivity index (χ2n) is 19.5. The van der Waals surface area contributed by atoms with Gasteiger partial charge in [-0.25, -0.2) is 0 Å². The average Bonchev–Trinajstić information content (AvgIpc) is 3.94. The summed E-state index contributed by atoms with van der Waals surface area (Å²) >= 11 is 0. The van der Waals surface area contributed by atoms with Gasteiger partial charge in [0.2, 0.25) is 0 Å². The van der Waals surface area contributed by atoms with Gasteiger partial charge in [-0.3, -0.25) is 0 Å². The maximum Gasteiger partial charge on any atom is 0.0714 e. The van der Waals surface area contributed by atoms with Crippen LogP contribution in [0.3, 0.4) is 0 Å². The summed E-state index contributed by atoms with van der Waals surface area (Å²) in [6.45, 7) is 0. The van der Waals surface area contributed by atoms with Gasteiger partial charge >= 0.3 is 0 Å². The van der Waals surface area contributed by atoms with Crippen LogP contribution < -0.4 is 4.90 Å². The van der Waals surface area contributed by atoms with Gasteiger partial charge in [0.1, 0.15) is 0 Å². The fraction of sp³-hybridized carbons (Fsp3) is 0.0278. The molecule has 0 unspecified atom stereocenters. The minimum absolute atomic E-state index is 0.577. The first-order valence-corrected chi connectivity index (χ1v) is 25.4. The Balaban J connectivity index is 1.09. The molecule has 1 heteroatoms. The minimum atomic E-state index is -0.600. The van der Waals surface area contributed by atoms with Gasteiger partial charge in [0.05, 0.1) is 16.5 Å². The first-order valence-electron chi connectivity index (χ1n) is 25.4. The summed E-state index contributed by atoms with van der Waals surface area (Å²) in [5, 5.41) is 2.48. The third-order valence-electron chi connectivity index (χ3n) is 15.8. The lowest BCUT2D eigenvalue weighted by Crippen LogP contribution is -2.29. The van der Waals surface area contributed by atoms with E-state index in [0.29, 0.717) is 0 Å². The van der Waals surface area contributed by atoms with Crippen LogP contribution in [-0.4, -0.2) is 0 Å². The third-order valence-corrected chi connectivity index (χ3v) is 15.8. The van der Waals surface area contributed by atoms with Gasteiger partial charge in [-0.1, -0.05) is 261 Å². The smallest absolute Gasteiger partial charge is 0.0714 e. The van der Waals surface area contributed by atoms with Gasteiger partial charge in [-0.2, -0.15) is 0 Å². The first kappa shape index (κ1) is 42.6. The van der Waals surface area contributed by atoms with Gasteiger partial charge in [0, 0.05) is 16.9 Å². The summed E-state index contributed by atoms with van der Waals surface area (Å²) in [4.78, 5) is 2.54. The number of benzene rings is 12. The van der Waals surface area contributed by atoms with E-state index in [9.17, 15) is 0 Å². The zero-order valence-electron chi connectivity index (χ0n) is 40.2. The number of hydrogen-bond donors (Lipinski definition) is 0.